The maximum absolute atomic E-state index is 11.9. The summed E-state index contributed by atoms with van der Waals surface area (Å²) in [6.45, 7) is 5.34. The van der Waals surface area contributed by atoms with Gasteiger partial charge >= 0.3 is 5.97 Å². The predicted molar refractivity (Wildman–Crippen MR) is 61.7 cm³/mol. The van der Waals surface area contributed by atoms with Gasteiger partial charge < -0.3 is 10.4 Å². The number of carboxylic acids is 1. The number of aromatic nitrogens is 2. The second-order valence-corrected chi connectivity index (χ2v) is 5.91. The van der Waals surface area contributed by atoms with Crippen LogP contribution in [0.15, 0.2) is 0 Å². The van der Waals surface area contributed by atoms with Crippen LogP contribution in [-0.4, -0.2) is 27.2 Å². The van der Waals surface area contributed by atoms with E-state index in [1.54, 1.807) is 20.8 Å². The van der Waals surface area contributed by atoms with Gasteiger partial charge in [0.2, 0.25) is 11.0 Å². The smallest absolute Gasteiger partial charge is 0.307 e. The van der Waals surface area contributed by atoms with E-state index in [-0.39, 0.29) is 5.91 Å². The topological polar surface area (TPSA) is 92.2 Å². The zero-order valence-electron chi connectivity index (χ0n) is 9.72. The first-order valence-electron chi connectivity index (χ1n) is 5.18. The standard InChI is InChI=1S/C10H13N3O3S/c1-4-12-13-9(17-4)11-7(14)5-6(8(15)16)10(5,2)3/h5-6H,1-3H3,(H,15,16)(H,11,13,14). The number of hydrogen-bond donors (Lipinski definition) is 2. The van der Waals surface area contributed by atoms with Gasteiger partial charge in [-0.05, 0) is 12.3 Å². The molecule has 1 aliphatic rings. The molecule has 1 amide bonds. The normalized spacial score (nSPS) is 25.4. The first kappa shape index (κ1) is 12.0. The number of carbonyl (C=O) groups is 2. The van der Waals surface area contributed by atoms with Gasteiger partial charge in [0, 0.05) is 0 Å². The van der Waals surface area contributed by atoms with Gasteiger partial charge in [-0.15, -0.1) is 10.2 Å². The number of rotatable bonds is 3. The van der Waals surface area contributed by atoms with Crippen LogP contribution in [-0.2, 0) is 9.59 Å². The van der Waals surface area contributed by atoms with Crippen molar-refractivity contribution in [2.75, 3.05) is 5.32 Å². The Morgan fingerprint density at radius 3 is 2.41 bits per heavy atom. The van der Waals surface area contributed by atoms with Crippen LogP contribution in [0.25, 0.3) is 0 Å². The Hall–Kier alpha value is -1.50. The molecule has 1 aliphatic carbocycles. The highest BCUT2D eigenvalue weighted by molar-refractivity contribution is 7.15. The Labute approximate surface area is 102 Å². The van der Waals surface area contributed by atoms with E-state index in [0.717, 1.165) is 5.01 Å². The van der Waals surface area contributed by atoms with Crippen LogP contribution in [0.1, 0.15) is 18.9 Å². The van der Waals surface area contributed by atoms with Crippen LogP contribution in [0.3, 0.4) is 0 Å². The van der Waals surface area contributed by atoms with Crippen molar-refractivity contribution in [3.63, 3.8) is 0 Å². The summed E-state index contributed by atoms with van der Waals surface area (Å²) < 4.78 is 0. The molecule has 0 aromatic carbocycles. The molecule has 0 spiro atoms. The first-order chi connectivity index (χ1) is 7.84. The number of aliphatic carboxylic acids is 1. The minimum absolute atomic E-state index is 0.293. The lowest BCUT2D eigenvalue weighted by Gasteiger charge is -2.01. The van der Waals surface area contributed by atoms with Gasteiger partial charge in [0.15, 0.2) is 0 Å². The molecule has 0 radical (unpaired) electrons. The third kappa shape index (κ3) is 2.02. The van der Waals surface area contributed by atoms with Gasteiger partial charge in [0.1, 0.15) is 5.01 Å². The molecule has 0 aliphatic heterocycles. The lowest BCUT2D eigenvalue weighted by atomic mass is 10.1. The molecule has 17 heavy (non-hydrogen) atoms. The average molecular weight is 255 g/mol. The van der Waals surface area contributed by atoms with Crippen molar-refractivity contribution in [2.24, 2.45) is 17.3 Å². The highest BCUT2D eigenvalue weighted by Crippen LogP contribution is 2.58. The number of carbonyl (C=O) groups excluding carboxylic acids is 1. The third-order valence-corrected chi connectivity index (χ3v) is 3.89. The van der Waals surface area contributed by atoms with Crippen molar-refractivity contribution in [3.8, 4) is 0 Å². The number of carboxylic acid groups (broad SMARTS) is 1. The van der Waals surface area contributed by atoms with E-state index in [9.17, 15) is 9.59 Å². The molecular formula is C10H13N3O3S. The summed E-state index contributed by atoms with van der Waals surface area (Å²) >= 11 is 1.27. The second-order valence-electron chi connectivity index (χ2n) is 4.73. The average Bonchev–Trinajstić information content (AvgIpc) is 2.54. The molecular weight excluding hydrogens is 242 g/mol. The maximum atomic E-state index is 11.9. The summed E-state index contributed by atoms with van der Waals surface area (Å²) in [7, 11) is 0. The van der Waals surface area contributed by atoms with E-state index in [1.807, 2.05) is 0 Å². The molecule has 0 saturated heterocycles. The summed E-state index contributed by atoms with van der Waals surface area (Å²) in [5.41, 5.74) is -0.490. The van der Waals surface area contributed by atoms with Gasteiger partial charge in [-0.25, -0.2) is 0 Å². The van der Waals surface area contributed by atoms with Crippen molar-refractivity contribution in [2.45, 2.75) is 20.8 Å². The molecule has 92 valence electrons. The highest BCUT2D eigenvalue weighted by atomic mass is 32.1. The maximum Gasteiger partial charge on any atom is 0.307 e. The van der Waals surface area contributed by atoms with Crippen molar-refractivity contribution < 1.29 is 14.7 Å². The minimum atomic E-state index is -0.927. The van der Waals surface area contributed by atoms with Crippen LogP contribution in [0.5, 0.6) is 0 Å². The summed E-state index contributed by atoms with van der Waals surface area (Å²) in [4.78, 5) is 22.8. The fourth-order valence-corrected chi connectivity index (χ4v) is 2.71. The zero-order valence-corrected chi connectivity index (χ0v) is 10.5. The van der Waals surface area contributed by atoms with Crippen molar-refractivity contribution >= 4 is 28.3 Å². The summed E-state index contributed by atoms with van der Waals surface area (Å²) in [6.07, 6.45) is 0. The molecule has 2 atom stereocenters. The monoisotopic (exact) mass is 255 g/mol. The van der Waals surface area contributed by atoms with E-state index in [1.165, 1.54) is 11.3 Å². The van der Waals surface area contributed by atoms with Gasteiger partial charge in [-0.2, -0.15) is 0 Å². The van der Waals surface area contributed by atoms with Crippen LogP contribution in [0.4, 0.5) is 5.13 Å². The molecule has 7 heteroatoms. The summed E-state index contributed by atoms with van der Waals surface area (Å²) in [5, 5.41) is 20.3. The fourth-order valence-electron chi connectivity index (χ4n) is 2.12. The largest absolute Gasteiger partial charge is 0.481 e. The van der Waals surface area contributed by atoms with Crippen LogP contribution in [0.2, 0.25) is 0 Å². The Balaban J connectivity index is 2.05. The molecule has 1 fully saturated rings. The molecule has 1 aromatic rings. The third-order valence-electron chi connectivity index (χ3n) is 3.13. The Bertz CT molecular complexity index is 483. The minimum Gasteiger partial charge on any atom is -0.481 e. The molecule has 1 saturated carbocycles. The molecule has 2 N–H and O–H groups in total. The summed E-state index contributed by atoms with van der Waals surface area (Å²) in [6, 6.07) is 0. The van der Waals surface area contributed by atoms with Crippen molar-refractivity contribution in [1.82, 2.24) is 10.2 Å². The second kappa shape index (κ2) is 3.76. The number of amides is 1. The Morgan fingerprint density at radius 2 is 2.00 bits per heavy atom. The quantitative estimate of drug-likeness (QED) is 0.845. The van der Waals surface area contributed by atoms with Gasteiger partial charge in [-0.1, -0.05) is 25.2 Å². The van der Waals surface area contributed by atoms with E-state index in [0.29, 0.717) is 5.13 Å². The van der Waals surface area contributed by atoms with Gasteiger partial charge in [-0.3, -0.25) is 9.59 Å². The van der Waals surface area contributed by atoms with E-state index >= 15 is 0 Å². The SMILES string of the molecule is Cc1nnc(NC(=O)C2C(C(=O)O)C2(C)C)s1. The van der Waals surface area contributed by atoms with Crippen LogP contribution in [0, 0.1) is 24.2 Å². The van der Waals surface area contributed by atoms with E-state index in [4.69, 9.17) is 5.11 Å². The molecule has 0 bridgehead atoms. The Kier molecular flexibility index (Phi) is 2.65. The van der Waals surface area contributed by atoms with Gasteiger partial charge in [0.25, 0.3) is 0 Å². The molecule has 1 aromatic heterocycles. The molecule has 2 unspecified atom stereocenters. The molecule has 2 rings (SSSR count). The first-order valence-corrected chi connectivity index (χ1v) is 5.99. The highest BCUT2D eigenvalue weighted by Gasteiger charge is 2.65. The number of anilines is 1. The fraction of sp³-hybridized carbons (Fsp3) is 0.600. The zero-order chi connectivity index (χ0) is 12.8. The summed E-state index contributed by atoms with van der Waals surface area (Å²) in [5.74, 6) is -2.33. The van der Waals surface area contributed by atoms with Crippen molar-refractivity contribution in [1.29, 1.82) is 0 Å². The number of nitrogens with zero attached hydrogens (tertiary/aromatic N) is 2. The molecule has 1 heterocycles. The van der Waals surface area contributed by atoms with Gasteiger partial charge in [0.05, 0.1) is 11.8 Å². The van der Waals surface area contributed by atoms with E-state index < -0.39 is 23.2 Å². The lowest BCUT2D eigenvalue weighted by Crippen LogP contribution is -2.17. The van der Waals surface area contributed by atoms with E-state index in [2.05, 4.69) is 15.5 Å². The van der Waals surface area contributed by atoms with Crippen LogP contribution >= 0.6 is 11.3 Å². The number of nitrogens with one attached hydrogen (secondary N) is 1. The molecule has 6 nitrogen and oxygen atoms in total. The van der Waals surface area contributed by atoms with Crippen molar-refractivity contribution in [3.05, 3.63) is 5.01 Å². The number of aryl methyl sites for hydroxylation is 1. The number of hydrogen-bond acceptors (Lipinski definition) is 5. The lowest BCUT2D eigenvalue weighted by molar-refractivity contribution is -0.140. The predicted octanol–water partition coefficient (Wildman–Crippen LogP) is 1.14. The van der Waals surface area contributed by atoms with Crippen LogP contribution < -0.4 is 5.32 Å². The Morgan fingerprint density at radius 1 is 1.35 bits per heavy atom.